The number of hydrogen-bond acceptors (Lipinski definition) is 3. The second-order valence-corrected chi connectivity index (χ2v) is 6.25. The number of nitrogens with one attached hydrogen (secondary N) is 2. The van der Waals surface area contributed by atoms with E-state index < -0.39 is 0 Å². The zero-order valence-corrected chi connectivity index (χ0v) is 15.5. The molecule has 0 fully saturated rings. The third-order valence-corrected chi connectivity index (χ3v) is 4.17. The van der Waals surface area contributed by atoms with Gasteiger partial charge in [0.25, 0.3) is 5.91 Å². The van der Waals surface area contributed by atoms with Gasteiger partial charge in [0, 0.05) is 18.0 Å². The predicted molar refractivity (Wildman–Crippen MR) is 102 cm³/mol. The third kappa shape index (κ3) is 5.62. The molecule has 0 heterocycles. The largest absolute Gasteiger partial charge is 0.497 e. The Hall–Kier alpha value is -2.82. The fourth-order valence-electron chi connectivity index (χ4n) is 2.74. The number of rotatable bonds is 8. The topological polar surface area (TPSA) is 67.4 Å². The number of ether oxygens (including phenoxy) is 1. The van der Waals surface area contributed by atoms with Gasteiger partial charge in [-0.25, -0.2) is 0 Å². The Kier molecular flexibility index (Phi) is 7.21. The molecule has 2 rings (SSSR count). The van der Waals surface area contributed by atoms with Crippen LogP contribution in [0.3, 0.4) is 0 Å². The highest BCUT2D eigenvalue weighted by atomic mass is 16.5. The molecule has 0 bridgehead atoms. The molecule has 2 N–H and O–H groups in total. The highest BCUT2D eigenvalue weighted by Crippen LogP contribution is 2.20. The van der Waals surface area contributed by atoms with Gasteiger partial charge in [0.05, 0.1) is 13.2 Å². The Morgan fingerprint density at radius 2 is 1.65 bits per heavy atom. The summed E-state index contributed by atoms with van der Waals surface area (Å²) in [5.41, 5.74) is 1.62. The van der Waals surface area contributed by atoms with Crippen molar-refractivity contribution in [2.24, 2.45) is 0 Å². The maximum atomic E-state index is 12.4. The summed E-state index contributed by atoms with van der Waals surface area (Å²) in [5.74, 6) is 0.522. The van der Waals surface area contributed by atoms with Crippen LogP contribution < -0.4 is 15.4 Å². The minimum absolute atomic E-state index is 0.0644. The molecule has 0 saturated carbocycles. The number of hydrogen-bond donors (Lipinski definition) is 2. The predicted octanol–water partition coefficient (Wildman–Crippen LogP) is 3.47. The van der Waals surface area contributed by atoms with E-state index >= 15 is 0 Å². The van der Waals surface area contributed by atoms with E-state index in [1.54, 1.807) is 19.2 Å². The lowest BCUT2D eigenvalue weighted by Gasteiger charge is -2.20. The molecule has 2 aromatic carbocycles. The van der Waals surface area contributed by atoms with Gasteiger partial charge in [0.2, 0.25) is 5.91 Å². The molecule has 2 unspecified atom stereocenters. The molecular formula is C21H26N2O3. The normalized spacial score (nSPS) is 12.7. The van der Waals surface area contributed by atoms with Crippen LogP contribution in [0.1, 0.15) is 48.7 Å². The first kappa shape index (κ1) is 19.5. The van der Waals surface area contributed by atoms with Gasteiger partial charge in [-0.05, 0) is 43.2 Å². The summed E-state index contributed by atoms with van der Waals surface area (Å²) in [6.45, 7) is 3.85. The molecule has 2 amide bonds. The van der Waals surface area contributed by atoms with Crippen LogP contribution >= 0.6 is 0 Å². The van der Waals surface area contributed by atoms with Crippen LogP contribution in [0.15, 0.2) is 54.6 Å². The van der Waals surface area contributed by atoms with E-state index in [1.807, 2.05) is 56.3 Å². The monoisotopic (exact) mass is 354 g/mol. The van der Waals surface area contributed by atoms with E-state index in [-0.39, 0.29) is 30.3 Å². The lowest BCUT2D eigenvalue weighted by Crippen LogP contribution is -2.38. The van der Waals surface area contributed by atoms with E-state index in [0.29, 0.717) is 5.56 Å². The lowest BCUT2D eigenvalue weighted by atomic mass is 10.0. The lowest BCUT2D eigenvalue weighted by molar-refractivity contribution is -0.122. The minimum atomic E-state index is -0.254. The molecule has 0 aromatic heterocycles. The van der Waals surface area contributed by atoms with Crippen LogP contribution in [0.5, 0.6) is 5.75 Å². The van der Waals surface area contributed by atoms with Crippen LogP contribution in [0.2, 0.25) is 0 Å². The second kappa shape index (κ2) is 9.61. The fraction of sp³-hybridized carbons (Fsp3) is 0.333. The van der Waals surface area contributed by atoms with Crippen LogP contribution in [0, 0.1) is 0 Å². The molecule has 0 aliphatic carbocycles. The summed E-state index contributed by atoms with van der Waals surface area (Å²) in [4.78, 5) is 24.5. The number of carbonyl (C=O) groups is 2. The molecule has 0 aliphatic heterocycles. The van der Waals surface area contributed by atoms with E-state index in [9.17, 15) is 9.59 Å². The van der Waals surface area contributed by atoms with Gasteiger partial charge in [-0.3, -0.25) is 9.59 Å². The molecule has 0 saturated heterocycles. The van der Waals surface area contributed by atoms with Crippen molar-refractivity contribution in [1.29, 1.82) is 0 Å². The highest BCUT2D eigenvalue weighted by Gasteiger charge is 2.17. The van der Waals surface area contributed by atoms with Crippen LogP contribution in [0.25, 0.3) is 0 Å². The first-order valence-corrected chi connectivity index (χ1v) is 8.82. The standard InChI is InChI=1S/C21H26N2O3/c1-4-19(16-10-12-18(26-3)13-11-16)23-20(24)14-15(2)22-21(25)17-8-6-5-7-9-17/h5-13,15,19H,4,14H2,1-3H3,(H,22,25)(H,23,24). The highest BCUT2D eigenvalue weighted by molar-refractivity contribution is 5.94. The zero-order valence-electron chi connectivity index (χ0n) is 15.5. The Morgan fingerprint density at radius 1 is 1.00 bits per heavy atom. The van der Waals surface area contributed by atoms with Crippen molar-refractivity contribution in [3.05, 3.63) is 65.7 Å². The van der Waals surface area contributed by atoms with Crippen molar-refractivity contribution in [2.45, 2.75) is 38.8 Å². The summed E-state index contributed by atoms with van der Waals surface area (Å²) >= 11 is 0. The number of amides is 2. The van der Waals surface area contributed by atoms with Gasteiger partial charge < -0.3 is 15.4 Å². The van der Waals surface area contributed by atoms with E-state index in [2.05, 4.69) is 10.6 Å². The first-order chi connectivity index (χ1) is 12.5. The molecule has 2 aromatic rings. The fourth-order valence-corrected chi connectivity index (χ4v) is 2.74. The van der Waals surface area contributed by atoms with Gasteiger partial charge in [-0.2, -0.15) is 0 Å². The third-order valence-electron chi connectivity index (χ3n) is 4.17. The van der Waals surface area contributed by atoms with Crippen LogP contribution in [-0.4, -0.2) is 25.0 Å². The number of carbonyl (C=O) groups excluding carboxylic acids is 2. The number of benzene rings is 2. The average molecular weight is 354 g/mol. The Labute approximate surface area is 154 Å². The van der Waals surface area contributed by atoms with Gasteiger partial charge in [0.1, 0.15) is 5.75 Å². The second-order valence-electron chi connectivity index (χ2n) is 6.25. The van der Waals surface area contributed by atoms with Crippen molar-refractivity contribution < 1.29 is 14.3 Å². The summed E-state index contributed by atoms with van der Waals surface area (Å²) < 4.78 is 5.16. The Balaban J connectivity index is 1.88. The van der Waals surface area contributed by atoms with Crippen molar-refractivity contribution in [1.82, 2.24) is 10.6 Å². The molecule has 0 aliphatic rings. The van der Waals surface area contributed by atoms with Crippen molar-refractivity contribution in [3.8, 4) is 5.75 Å². The van der Waals surface area contributed by atoms with Gasteiger partial charge in [-0.1, -0.05) is 37.3 Å². The van der Waals surface area contributed by atoms with Crippen molar-refractivity contribution in [2.75, 3.05) is 7.11 Å². The van der Waals surface area contributed by atoms with Crippen molar-refractivity contribution in [3.63, 3.8) is 0 Å². The molecular weight excluding hydrogens is 328 g/mol. The zero-order chi connectivity index (χ0) is 18.9. The maximum absolute atomic E-state index is 12.4. The minimum Gasteiger partial charge on any atom is -0.497 e. The van der Waals surface area contributed by atoms with Crippen LogP contribution in [0.4, 0.5) is 0 Å². The van der Waals surface area contributed by atoms with E-state index in [1.165, 1.54) is 0 Å². The summed E-state index contributed by atoms with van der Waals surface area (Å²) in [5, 5.41) is 5.89. The summed E-state index contributed by atoms with van der Waals surface area (Å²) in [6.07, 6.45) is 1.01. The maximum Gasteiger partial charge on any atom is 0.251 e. The van der Waals surface area contributed by atoms with Gasteiger partial charge in [-0.15, -0.1) is 0 Å². The van der Waals surface area contributed by atoms with Gasteiger partial charge in [0.15, 0.2) is 0 Å². The summed E-state index contributed by atoms with van der Waals surface area (Å²) in [7, 11) is 1.62. The molecule has 5 heteroatoms. The van der Waals surface area contributed by atoms with Crippen LogP contribution in [-0.2, 0) is 4.79 Å². The molecule has 26 heavy (non-hydrogen) atoms. The quantitative estimate of drug-likeness (QED) is 0.763. The average Bonchev–Trinajstić information content (AvgIpc) is 2.66. The smallest absolute Gasteiger partial charge is 0.251 e. The van der Waals surface area contributed by atoms with E-state index in [0.717, 1.165) is 17.7 Å². The Bertz CT molecular complexity index is 714. The van der Waals surface area contributed by atoms with Gasteiger partial charge >= 0.3 is 0 Å². The van der Waals surface area contributed by atoms with Crippen molar-refractivity contribution >= 4 is 11.8 Å². The molecule has 0 spiro atoms. The molecule has 5 nitrogen and oxygen atoms in total. The molecule has 138 valence electrons. The molecule has 0 radical (unpaired) electrons. The molecule has 2 atom stereocenters. The first-order valence-electron chi connectivity index (χ1n) is 8.82. The summed E-state index contributed by atoms with van der Waals surface area (Å²) in [6, 6.07) is 16.3. The number of methoxy groups -OCH3 is 1. The Morgan fingerprint density at radius 3 is 2.23 bits per heavy atom. The SMILES string of the molecule is CCC(NC(=O)CC(C)NC(=O)c1ccccc1)c1ccc(OC)cc1. The van der Waals surface area contributed by atoms with E-state index in [4.69, 9.17) is 4.74 Å².